The highest BCUT2D eigenvalue weighted by molar-refractivity contribution is 6.20. The van der Waals surface area contributed by atoms with Crippen molar-refractivity contribution < 1.29 is 4.74 Å². The Morgan fingerprint density at radius 3 is 2.79 bits per heavy atom. The van der Waals surface area contributed by atoms with Gasteiger partial charge in [0.1, 0.15) is 5.75 Å². The number of methoxy groups -OCH3 is 1. The van der Waals surface area contributed by atoms with E-state index in [1.807, 2.05) is 31.2 Å². The Bertz CT molecular complexity index is 276. The summed E-state index contributed by atoms with van der Waals surface area (Å²) in [6.07, 6.45) is 0. The first-order valence-electron chi connectivity index (χ1n) is 4.70. The van der Waals surface area contributed by atoms with Crippen LogP contribution >= 0.6 is 11.6 Å². The molecule has 1 N–H and O–H groups in total. The first kappa shape index (κ1) is 11.3. The van der Waals surface area contributed by atoms with E-state index in [0.29, 0.717) is 0 Å². The molecule has 0 amide bonds. The number of nitrogens with one attached hydrogen (secondary N) is 1. The van der Waals surface area contributed by atoms with Crippen molar-refractivity contribution in [1.29, 1.82) is 0 Å². The number of hydrogen-bond acceptors (Lipinski definition) is 2. The second-order valence-electron chi connectivity index (χ2n) is 3.22. The lowest BCUT2D eigenvalue weighted by Crippen LogP contribution is -2.20. The van der Waals surface area contributed by atoms with E-state index < -0.39 is 0 Å². The molecular weight excluding hydrogens is 198 g/mol. The average Bonchev–Trinajstić information content (AvgIpc) is 2.18. The van der Waals surface area contributed by atoms with Crippen LogP contribution in [0.15, 0.2) is 24.3 Å². The van der Waals surface area contributed by atoms with E-state index in [2.05, 4.69) is 5.32 Å². The molecule has 0 aliphatic rings. The van der Waals surface area contributed by atoms with Gasteiger partial charge in [-0.05, 0) is 13.0 Å². The predicted octanol–water partition coefficient (Wildman–Crippen LogP) is 2.41. The largest absolute Gasteiger partial charge is 0.496 e. The summed E-state index contributed by atoms with van der Waals surface area (Å²) < 4.78 is 5.23. The van der Waals surface area contributed by atoms with Crippen LogP contribution in [0.3, 0.4) is 0 Å². The molecule has 0 saturated carbocycles. The smallest absolute Gasteiger partial charge is 0.123 e. The Hall–Kier alpha value is -0.730. The fraction of sp³-hybridized carbons (Fsp3) is 0.455. The lowest BCUT2D eigenvalue weighted by molar-refractivity contribution is 0.408. The molecule has 1 unspecified atom stereocenters. The Morgan fingerprint density at radius 2 is 2.14 bits per heavy atom. The van der Waals surface area contributed by atoms with Gasteiger partial charge >= 0.3 is 0 Å². The Kier molecular flexibility index (Phi) is 4.77. The Balaban J connectivity index is 2.49. The quantitative estimate of drug-likeness (QED) is 0.759. The molecule has 0 spiro atoms. The molecule has 3 heteroatoms. The molecule has 0 radical (unpaired) electrons. The third kappa shape index (κ3) is 3.56. The van der Waals surface area contributed by atoms with Crippen molar-refractivity contribution in [3.05, 3.63) is 29.8 Å². The van der Waals surface area contributed by atoms with Gasteiger partial charge in [0.2, 0.25) is 0 Å². The van der Waals surface area contributed by atoms with E-state index in [0.717, 1.165) is 24.4 Å². The maximum atomic E-state index is 5.82. The van der Waals surface area contributed by atoms with Crippen LogP contribution in [0, 0.1) is 0 Å². The summed E-state index contributed by atoms with van der Waals surface area (Å²) in [4.78, 5) is 0. The topological polar surface area (TPSA) is 21.3 Å². The molecule has 0 heterocycles. The standard InChI is InChI=1S/C11H16ClNO/c1-9(12)7-13-8-10-5-3-4-6-11(10)14-2/h3-6,9,13H,7-8H2,1-2H3. The molecular formula is C11H16ClNO. The highest BCUT2D eigenvalue weighted by Gasteiger charge is 2.01. The molecule has 1 aromatic rings. The second-order valence-corrected chi connectivity index (χ2v) is 3.97. The van der Waals surface area contributed by atoms with Gasteiger partial charge < -0.3 is 10.1 Å². The predicted molar refractivity (Wildman–Crippen MR) is 60.0 cm³/mol. The normalized spacial score (nSPS) is 12.5. The van der Waals surface area contributed by atoms with Gasteiger partial charge in [0.05, 0.1) is 7.11 Å². The molecule has 14 heavy (non-hydrogen) atoms. The van der Waals surface area contributed by atoms with Gasteiger partial charge in [-0.1, -0.05) is 18.2 Å². The van der Waals surface area contributed by atoms with Crippen molar-refractivity contribution in [2.24, 2.45) is 0 Å². The monoisotopic (exact) mass is 213 g/mol. The summed E-state index contributed by atoms with van der Waals surface area (Å²) in [5.74, 6) is 0.919. The summed E-state index contributed by atoms with van der Waals surface area (Å²) >= 11 is 5.82. The van der Waals surface area contributed by atoms with Crippen molar-refractivity contribution in [2.45, 2.75) is 18.8 Å². The third-order valence-corrected chi connectivity index (χ3v) is 2.09. The van der Waals surface area contributed by atoms with Crippen LogP contribution in [0.1, 0.15) is 12.5 Å². The zero-order valence-electron chi connectivity index (χ0n) is 8.59. The van der Waals surface area contributed by atoms with Crippen molar-refractivity contribution in [2.75, 3.05) is 13.7 Å². The lowest BCUT2D eigenvalue weighted by Gasteiger charge is -2.09. The molecule has 0 fully saturated rings. The molecule has 0 aliphatic heterocycles. The second kappa shape index (κ2) is 5.89. The molecule has 1 aromatic carbocycles. The van der Waals surface area contributed by atoms with Gasteiger partial charge in [-0.2, -0.15) is 0 Å². The van der Waals surface area contributed by atoms with Gasteiger partial charge in [-0.3, -0.25) is 0 Å². The zero-order chi connectivity index (χ0) is 10.4. The van der Waals surface area contributed by atoms with Gasteiger partial charge in [-0.15, -0.1) is 11.6 Å². The zero-order valence-corrected chi connectivity index (χ0v) is 9.34. The van der Waals surface area contributed by atoms with Crippen LogP contribution in [0.4, 0.5) is 0 Å². The molecule has 0 saturated heterocycles. The minimum atomic E-state index is 0.157. The first-order chi connectivity index (χ1) is 6.74. The average molecular weight is 214 g/mol. The van der Waals surface area contributed by atoms with Gasteiger partial charge in [0, 0.05) is 24.0 Å². The van der Waals surface area contributed by atoms with Crippen LogP contribution in [-0.4, -0.2) is 19.0 Å². The summed E-state index contributed by atoms with van der Waals surface area (Å²) in [6, 6.07) is 7.97. The minimum absolute atomic E-state index is 0.157. The van der Waals surface area contributed by atoms with Crippen LogP contribution in [0.2, 0.25) is 0 Å². The van der Waals surface area contributed by atoms with Crippen molar-refractivity contribution in [3.63, 3.8) is 0 Å². The van der Waals surface area contributed by atoms with Crippen molar-refractivity contribution in [1.82, 2.24) is 5.32 Å². The molecule has 0 aromatic heterocycles. The number of para-hydroxylation sites is 1. The van der Waals surface area contributed by atoms with Gasteiger partial charge in [0.15, 0.2) is 0 Å². The van der Waals surface area contributed by atoms with E-state index in [-0.39, 0.29) is 5.38 Å². The molecule has 0 aliphatic carbocycles. The van der Waals surface area contributed by atoms with Crippen molar-refractivity contribution in [3.8, 4) is 5.75 Å². The molecule has 2 nitrogen and oxygen atoms in total. The van der Waals surface area contributed by atoms with Crippen molar-refractivity contribution >= 4 is 11.6 Å². The van der Waals surface area contributed by atoms with Crippen LogP contribution in [0.25, 0.3) is 0 Å². The minimum Gasteiger partial charge on any atom is -0.496 e. The SMILES string of the molecule is COc1ccccc1CNCC(C)Cl. The van der Waals surface area contributed by atoms with Crippen LogP contribution < -0.4 is 10.1 Å². The number of benzene rings is 1. The number of rotatable bonds is 5. The van der Waals surface area contributed by atoms with E-state index in [4.69, 9.17) is 16.3 Å². The molecule has 0 bridgehead atoms. The molecule has 78 valence electrons. The molecule has 1 atom stereocenters. The fourth-order valence-corrected chi connectivity index (χ4v) is 1.36. The summed E-state index contributed by atoms with van der Waals surface area (Å²) in [5, 5.41) is 3.42. The Morgan fingerprint density at radius 1 is 1.43 bits per heavy atom. The van der Waals surface area contributed by atoms with Gasteiger partial charge in [0.25, 0.3) is 0 Å². The van der Waals surface area contributed by atoms with E-state index >= 15 is 0 Å². The highest BCUT2D eigenvalue weighted by atomic mass is 35.5. The maximum Gasteiger partial charge on any atom is 0.123 e. The van der Waals surface area contributed by atoms with E-state index in [1.165, 1.54) is 0 Å². The number of hydrogen-bond donors (Lipinski definition) is 1. The number of halogens is 1. The number of alkyl halides is 1. The fourth-order valence-electron chi connectivity index (χ4n) is 1.25. The van der Waals surface area contributed by atoms with E-state index in [9.17, 15) is 0 Å². The summed E-state index contributed by atoms with van der Waals surface area (Å²) in [6.45, 7) is 3.57. The highest BCUT2D eigenvalue weighted by Crippen LogP contribution is 2.16. The summed E-state index contributed by atoms with van der Waals surface area (Å²) in [7, 11) is 1.68. The van der Waals surface area contributed by atoms with E-state index in [1.54, 1.807) is 7.11 Å². The summed E-state index contributed by atoms with van der Waals surface area (Å²) in [5.41, 5.74) is 1.16. The maximum absolute atomic E-state index is 5.82. The molecule has 1 rings (SSSR count). The van der Waals surface area contributed by atoms with Gasteiger partial charge in [-0.25, -0.2) is 0 Å². The third-order valence-electron chi connectivity index (χ3n) is 1.93. The van der Waals surface area contributed by atoms with Crippen LogP contribution in [0.5, 0.6) is 5.75 Å². The Labute approximate surface area is 90.2 Å². The number of ether oxygens (including phenoxy) is 1. The first-order valence-corrected chi connectivity index (χ1v) is 5.14. The van der Waals surface area contributed by atoms with Crippen LogP contribution in [-0.2, 0) is 6.54 Å². The lowest BCUT2D eigenvalue weighted by atomic mass is 10.2.